The lowest BCUT2D eigenvalue weighted by atomic mass is 9.96. The van der Waals surface area contributed by atoms with E-state index in [-0.39, 0.29) is 17.7 Å². The molecule has 1 aliphatic heterocycles. The van der Waals surface area contributed by atoms with E-state index in [1.807, 2.05) is 54.6 Å². The van der Waals surface area contributed by atoms with Gasteiger partial charge in [0, 0.05) is 30.9 Å². The van der Waals surface area contributed by atoms with Crippen LogP contribution in [0.2, 0.25) is 0 Å². The zero-order chi connectivity index (χ0) is 19.1. The second kappa shape index (κ2) is 9.33. The zero-order valence-corrected chi connectivity index (χ0v) is 15.8. The molecule has 2 aromatic carbocycles. The monoisotopic (exact) mass is 365 g/mol. The molecule has 1 atom stereocenters. The van der Waals surface area contributed by atoms with Gasteiger partial charge in [0.25, 0.3) is 5.91 Å². The molecule has 2 amide bonds. The van der Waals surface area contributed by atoms with Gasteiger partial charge in [0.2, 0.25) is 5.91 Å². The largest absolute Gasteiger partial charge is 0.338 e. The maximum atomic E-state index is 12.7. The van der Waals surface area contributed by atoms with Gasteiger partial charge in [0.15, 0.2) is 0 Å². The lowest BCUT2D eigenvalue weighted by Gasteiger charge is -2.32. The van der Waals surface area contributed by atoms with Crippen molar-refractivity contribution in [3.63, 3.8) is 0 Å². The van der Waals surface area contributed by atoms with Gasteiger partial charge in [-0.15, -0.1) is 0 Å². The highest BCUT2D eigenvalue weighted by atomic mass is 16.2. The van der Waals surface area contributed by atoms with Gasteiger partial charge in [-0.05, 0) is 49.2 Å². The Bertz CT molecular complexity index is 776. The average molecular weight is 365 g/mol. The summed E-state index contributed by atoms with van der Waals surface area (Å²) in [5, 5.41) is 6.31. The maximum absolute atomic E-state index is 12.7. The van der Waals surface area contributed by atoms with E-state index in [1.165, 1.54) is 0 Å². The minimum absolute atomic E-state index is 0.000683. The fourth-order valence-electron chi connectivity index (χ4n) is 3.41. The average Bonchev–Trinajstić information content (AvgIpc) is 2.72. The molecular weight excluding hydrogens is 338 g/mol. The minimum Gasteiger partial charge on any atom is -0.338 e. The Balaban J connectivity index is 1.61. The van der Waals surface area contributed by atoms with Gasteiger partial charge in [-0.2, -0.15) is 0 Å². The van der Waals surface area contributed by atoms with E-state index in [4.69, 9.17) is 0 Å². The van der Waals surface area contributed by atoms with Crippen molar-refractivity contribution in [3.05, 3.63) is 65.7 Å². The number of piperidine rings is 1. The number of hydrogen-bond acceptors (Lipinski definition) is 3. The molecule has 1 heterocycles. The second-order valence-corrected chi connectivity index (χ2v) is 6.93. The summed E-state index contributed by atoms with van der Waals surface area (Å²) in [6.07, 6.45) is 1.65. The van der Waals surface area contributed by atoms with Gasteiger partial charge in [-0.25, -0.2) is 0 Å². The van der Waals surface area contributed by atoms with Crippen LogP contribution in [0.4, 0.5) is 5.69 Å². The van der Waals surface area contributed by atoms with Crippen LogP contribution in [0.3, 0.4) is 0 Å². The molecule has 0 saturated carbocycles. The molecular formula is C22H27N3O2. The Labute approximate surface area is 160 Å². The third kappa shape index (κ3) is 5.17. The topological polar surface area (TPSA) is 61.4 Å². The maximum Gasteiger partial charge on any atom is 0.253 e. The van der Waals surface area contributed by atoms with Crippen molar-refractivity contribution >= 4 is 17.5 Å². The standard InChI is InChI=1S/C22H27N3O2/c1-2-23-15-17-8-6-12-20(14-17)24-21(26)19-11-7-13-25(16-19)22(27)18-9-4-3-5-10-18/h3-6,8-10,12,14,19,23H,2,7,11,13,15-16H2,1H3,(H,24,26). The van der Waals surface area contributed by atoms with Crippen LogP contribution in [0.25, 0.3) is 0 Å². The van der Waals surface area contributed by atoms with Crippen LogP contribution in [0, 0.1) is 5.92 Å². The van der Waals surface area contributed by atoms with Crippen LogP contribution in [0.1, 0.15) is 35.7 Å². The first-order valence-electron chi connectivity index (χ1n) is 9.62. The summed E-state index contributed by atoms with van der Waals surface area (Å²) >= 11 is 0. The summed E-state index contributed by atoms with van der Waals surface area (Å²) in [5.74, 6) is -0.189. The number of carbonyl (C=O) groups excluding carboxylic acids is 2. The van der Waals surface area contributed by atoms with E-state index >= 15 is 0 Å². The van der Waals surface area contributed by atoms with Crippen LogP contribution in [-0.2, 0) is 11.3 Å². The van der Waals surface area contributed by atoms with Crippen LogP contribution >= 0.6 is 0 Å². The number of nitrogens with one attached hydrogen (secondary N) is 2. The van der Waals surface area contributed by atoms with Crippen LogP contribution in [-0.4, -0.2) is 36.3 Å². The molecule has 1 unspecified atom stereocenters. The molecule has 0 radical (unpaired) electrons. The van der Waals surface area contributed by atoms with Crippen molar-refractivity contribution in [2.75, 3.05) is 25.0 Å². The van der Waals surface area contributed by atoms with Crippen LogP contribution in [0.5, 0.6) is 0 Å². The molecule has 1 fully saturated rings. The van der Waals surface area contributed by atoms with E-state index in [0.29, 0.717) is 18.7 Å². The first kappa shape index (κ1) is 19.1. The Hall–Kier alpha value is -2.66. The Morgan fingerprint density at radius 1 is 1.11 bits per heavy atom. The normalized spacial score (nSPS) is 16.8. The Morgan fingerprint density at radius 2 is 1.93 bits per heavy atom. The van der Waals surface area contributed by atoms with Gasteiger partial charge >= 0.3 is 0 Å². The summed E-state index contributed by atoms with van der Waals surface area (Å²) in [5.41, 5.74) is 2.62. The quantitative estimate of drug-likeness (QED) is 0.826. The van der Waals surface area contributed by atoms with E-state index in [9.17, 15) is 9.59 Å². The lowest BCUT2D eigenvalue weighted by Crippen LogP contribution is -2.43. The third-order valence-corrected chi connectivity index (χ3v) is 4.87. The highest BCUT2D eigenvalue weighted by Crippen LogP contribution is 2.21. The number of carbonyl (C=O) groups is 2. The summed E-state index contributed by atoms with van der Waals surface area (Å²) in [6.45, 7) is 4.93. The second-order valence-electron chi connectivity index (χ2n) is 6.93. The SMILES string of the molecule is CCNCc1cccc(NC(=O)C2CCCN(C(=O)c3ccccc3)C2)c1. The number of rotatable bonds is 6. The number of hydrogen-bond donors (Lipinski definition) is 2. The predicted octanol–water partition coefficient (Wildman–Crippen LogP) is 3.29. The summed E-state index contributed by atoms with van der Waals surface area (Å²) in [6, 6.07) is 17.2. The van der Waals surface area contributed by atoms with E-state index in [1.54, 1.807) is 4.90 Å². The molecule has 0 aliphatic carbocycles. The lowest BCUT2D eigenvalue weighted by molar-refractivity contribution is -0.121. The molecule has 27 heavy (non-hydrogen) atoms. The molecule has 5 nitrogen and oxygen atoms in total. The van der Waals surface area contributed by atoms with Crippen LogP contribution < -0.4 is 10.6 Å². The highest BCUT2D eigenvalue weighted by molar-refractivity contribution is 5.96. The smallest absolute Gasteiger partial charge is 0.253 e. The summed E-state index contributed by atoms with van der Waals surface area (Å²) in [7, 11) is 0. The van der Waals surface area contributed by atoms with E-state index in [2.05, 4.69) is 17.6 Å². The fraction of sp³-hybridized carbons (Fsp3) is 0.364. The van der Waals surface area contributed by atoms with Gasteiger partial charge in [0.1, 0.15) is 0 Å². The summed E-state index contributed by atoms with van der Waals surface area (Å²) in [4.78, 5) is 27.2. The highest BCUT2D eigenvalue weighted by Gasteiger charge is 2.28. The fourth-order valence-corrected chi connectivity index (χ4v) is 3.41. The van der Waals surface area contributed by atoms with Crippen LogP contribution in [0.15, 0.2) is 54.6 Å². The molecule has 2 N–H and O–H groups in total. The molecule has 2 aromatic rings. The Kier molecular flexibility index (Phi) is 6.60. The van der Waals surface area contributed by atoms with Crippen molar-refractivity contribution in [2.24, 2.45) is 5.92 Å². The number of benzene rings is 2. The molecule has 0 aromatic heterocycles. The number of nitrogens with zero attached hydrogens (tertiary/aromatic N) is 1. The van der Waals surface area contributed by atoms with E-state index < -0.39 is 0 Å². The van der Waals surface area contributed by atoms with Crippen molar-refractivity contribution in [1.29, 1.82) is 0 Å². The number of amides is 2. The van der Waals surface area contributed by atoms with Gasteiger partial charge < -0.3 is 15.5 Å². The molecule has 1 aliphatic rings. The number of likely N-dealkylation sites (tertiary alicyclic amines) is 1. The molecule has 1 saturated heterocycles. The molecule has 0 bridgehead atoms. The summed E-state index contributed by atoms with van der Waals surface area (Å²) < 4.78 is 0. The number of anilines is 1. The molecule has 142 valence electrons. The van der Waals surface area contributed by atoms with Crippen molar-refractivity contribution in [3.8, 4) is 0 Å². The van der Waals surface area contributed by atoms with E-state index in [0.717, 1.165) is 37.2 Å². The van der Waals surface area contributed by atoms with Gasteiger partial charge in [0.05, 0.1) is 5.92 Å². The van der Waals surface area contributed by atoms with Crippen molar-refractivity contribution in [2.45, 2.75) is 26.3 Å². The third-order valence-electron chi connectivity index (χ3n) is 4.87. The van der Waals surface area contributed by atoms with Gasteiger partial charge in [-0.3, -0.25) is 9.59 Å². The zero-order valence-electron chi connectivity index (χ0n) is 15.8. The first-order chi connectivity index (χ1) is 13.2. The van der Waals surface area contributed by atoms with Gasteiger partial charge in [-0.1, -0.05) is 37.3 Å². The molecule has 5 heteroatoms. The van der Waals surface area contributed by atoms with Crippen molar-refractivity contribution < 1.29 is 9.59 Å². The Morgan fingerprint density at radius 3 is 2.70 bits per heavy atom. The molecule has 3 rings (SSSR count). The predicted molar refractivity (Wildman–Crippen MR) is 108 cm³/mol. The first-order valence-corrected chi connectivity index (χ1v) is 9.62. The van der Waals surface area contributed by atoms with Crippen molar-refractivity contribution in [1.82, 2.24) is 10.2 Å². The minimum atomic E-state index is -0.177. The molecule has 0 spiro atoms.